The van der Waals surface area contributed by atoms with Gasteiger partial charge in [0.25, 0.3) is 0 Å². The Bertz CT molecular complexity index is 926. The topological polar surface area (TPSA) is 9.23 Å². The summed E-state index contributed by atoms with van der Waals surface area (Å²) in [4.78, 5) is 0. The molecule has 1 saturated carbocycles. The highest BCUT2D eigenvalue weighted by Crippen LogP contribution is 2.42. The minimum atomic E-state index is -1.53. The SMILES string of the molecule is COCCCCCC1CCC(C2CCc3c(ccc(-c4cc(F)c(F)c(F)c4)c3F)C2)CC1. The van der Waals surface area contributed by atoms with Crippen LogP contribution in [0.2, 0.25) is 0 Å². The van der Waals surface area contributed by atoms with Gasteiger partial charge in [0.2, 0.25) is 0 Å². The molecule has 0 heterocycles. The van der Waals surface area contributed by atoms with Crippen LogP contribution in [0.1, 0.15) is 68.9 Å². The van der Waals surface area contributed by atoms with Crippen LogP contribution in [-0.2, 0) is 17.6 Å². The smallest absolute Gasteiger partial charge is 0.194 e. The van der Waals surface area contributed by atoms with Crippen LogP contribution in [-0.4, -0.2) is 13.7 Å². The second-order valence-corrected chi connectivity index (χ2v) is 9.94. The standard InChI is InChI=1S/C28H34F4O/c1-33-14-4-2-3-5-18-6-8-19(9-7-18)20-10-12-23-21(15-20)11-13-24(27(23)31)22-16-25(29)28(32)26(30)17-22/h11,13,16-20H,2-10,12,14-15H2,1H3. The lowest BCUT2D eigenvalue weighted by molar-refractivity contribution is 0.176. The van der Waals surface area contributed by atoms with E-state index in [1.807, 2.05) is 6.07 Å². The molecular formula is C28H34F4O. The second-order valence-electron chi connectivity index (χ2n) is 9.94. The van der Waals surface area contributed by atoms with E-state index < -0.39 is 23.3 Å². The molecule has 2 aromatic carbocycles. The fourth-order valence-electron chi connectivity index (χ4n) is 5.98. The first-order valence-electron chi connectivity index (χ1n) is 12.4. The third-order valence-electron chi connectivity index (χ3n) is 7.90. The van der Waals surface area contributed by atoms with Gasteiger partial charge >= 0.3 is 0 Å². The Kier molecular flexibility index (Phi) is 8.11. The van der Waals surface area contributed by atoms with Crippen LogP contribution in [0.3, 0.4) is 0 Å². The van der Waals surface area contributed by atoms with Crippen molar-refractivity contribution < 1.29 is 22.3 Å². The average Bonchev–Trinajstić information content (AvgIpc) is 2.82. The van der Waals surface area contributed by atoms with Gasteiger partial charge in [-0.05, 0) is 85.1 Å². The first-order chi connectivity index (χ1) is 16.0. The van der Waals surface area contributed by atoms with E-state index in [4.69, 9.17) is 4.74 Å². The van der Waals surface area contributed by atoms with Crippen LogP contribution in [0.4, 0.5) is 17.6 Å². The molecule has 0 bridgehead atoms. The molecule has 0 saturated heterocycles. The van der Waals surface area contributed by atoms with Gasteiger partial charge in [-0.2, -0.15) is 0 Å². The Labute approximate surface area is 194 Å². The molecule has 0 N–H and O–H groups in total. The zero-order chi connectivity index (χ0) is 23.4. The lowest BCUT2D eigenvalue weighted by atomic mass is 9.69. The Hall–Kier alpha value is -1.88. The Morgan fingerprint density at radius 2 is 1.55 bits per heavy atom. The lowest BCUT2D eigenvalue weighted by Crippen LogP contribution is -2.27. The number of benzene rings is 2. The van der Waals surface area contributed by atoms with Crippen LogP contribution in [0.15, 0.2) is 24.3 Å². The van der Waals surface area contributed by atoms with Crippen molar-refractivity contribution in [1.29, 1.82) is 0 Å². The molecule has 5 heteroatoms. The fraction of sp³-hybridized carbons (Fsp3) is 0.571. The number of hydrogen-bond acceptors (Lipinski definition) is 1. The van der Waals surface area contributed by atoms with E-state index in [9.17, 15) is 13.2 Å². The van der Waals surface area contributed by atoms with Crippen molar-refractivity contribution in [2.24, 2.45) is 17.8 Å². The number of ether oxygens (including phenoxy) is 1. The van der Waals surface area contributed by atoms with Gasteiger partial charge in [-0.1, -0.05) is 44.2 Å². The number of halogens is 4. The van der Waals surface area contributed by atoms with Gasteiger partial charge < -0.3 is 4.74 Å². The summed E-state index contributed by atoms with van der Waals surface area (Å²) in [6, 6.07) is 5.21. The Morgan fingerprint density at radius 3 is 2.24 bits per heavy atom. The summed E-state index contributed by atoms with van der Waals surface area (Å²) >= 11 is 0. The third kappa shape index (κ3) is 5.62. The summed E-state index contributed by atoms with van der Waals surface area (Å²) in [6.45, 7) is 0.857. The third-order valence-corrected chi connectivity index (χ3v) is 7.90. The maximum atomic E-state index is 15.3. The van der Waals surface area contributed by atoms with E-state index in [0.29, 0.717) is 23.8 Å². The zero-order valence-electron chi connectivity index (χ0n) is 19.4. The molecule has 180 valence electrons. The largest absolute Gasteiger partial charge is 0.385 e. The molecule has 1 unspecified atom stereocenters. The van der Waals surface area contributed by atoms with Gasteiger partial charge in [0.05, 0.1) is 0 Å². The highest BCUT2D eigenvalue weighted by molar-refractivity contribution is 5.66. The average molecular weight is 463 g/mol. The highest BCUT2D eigenvalue weighted by atomic mass is 19.2. The molecule has 33 heavy (non-hydrogen) atoms. The number of unbranched alkanes of at least 4 members (excludes halogenated alkanes) is 2. The van der Waals surface area contributed by atoms with E-state index in [0.717, 1.165) is 49.5 Å². The molecule has 0 aromatic heterocycles. The molecule has 4 rings (SSSR count). The van der Waals surface area contributed by atoms with Gasteiger partial charge in [-0.15, -0.1) is 0 Å². The summed E-state index contributed by atoms with van der Waals surface area (Å²) in [6.07, 6.45) is 12.6. The van der Waals surface area contributed by atoms with E-state index in [2.05, 4.69) is 0 Å². The Morgan fingerprint density at radius 1 is 0.818 bits per heavy atom. The van der Waals surface area contributed by atoms with Crippen LogP contribution in [0, 0.1) is 41.0 Å². The summed E-state index contributed by atoms with van der Waals surface area (Å²) in [5, 5.41) is 0. The van der Waals surface area contributed by atoms with E-state index >= 15 is 4.39 Å². The molecule has 1 fully saturated rings. The highest BCUT2D eigenvalue weighted by Gasteiger charge is 2.31. The zero-order valence-corrected chi connectivity index (χ0v) is 19.4. The number of hydrogen-bond donors (Lipinski definition) is 0. The van der Waals surface area contributed by atoms with Crippen LogP contribution < -0.4 is 0 Å². The minimum absolute atomic E-state index is 0.0364. The maximum absolute atomic E-state index is 15.3. The van der Waals surface area contributed by atoms with Crippen molar-refractivity contribution in [3.05, 3.63) is 58.7 Å². The first kappa shape index (κ1) is 24.3. The van der Waals surface area contributed by atoms with Crippen LogP contribution in [0.25, 0.3) is 11.1 Å². The van der Waals surface area contributed by atoms with Gasteiger partial charge in [-0.3, -0.25) is 0 Å². The summed E-state index contributed by atoms with van der Waals surface area (Å²) in [7, 11) is 1.76. The number of fused-ring (bicyclic) bond motifs is 1. The van der Waals surface area contributed by atoms with Crippen molar-refractivity contribution in [3.63, 3.8) is 0 Å². The predicted molar refractivity (Wildman–Crippen MR) is 123 cm³/mol. The molecule has 2 aromatic rings. The van der Waals surface area contributed by atoms with Crippen LogP contribution in [0.5, 0.6) is 0 Å². The maximum Gasteiger partial charge on any atom is 0.194 e. The van der Waals surface area contributed by atoms with Gasteiger partial charge in [0.1, 0.15) is 5.82 Å². The molecule has 2 aliphatic rings. The minimum Gasteiger partial charge on any atom is -0.385 e. The van der Waals surface area contributed by atoms with Gasteiger partial charge in [0, 0.05) is 19.3 Å². The van der Waals surface area contributed by atoms with E-state index in [1.54, 1.807) is 13.2 Å². The van der Waals surface area contributed by atoms with E-state index in [-0.39, 0.29) is 11.1 Å². The van der Waals surface area contributed by atoms with Gasteiger partial charge in [-0.25, -0.2) is 17.6 Å². The molecule has 2 aliphatic carbocycles. The number of methoxy groups -OCH3 is 1. The normalized spacial score (nSPS) is 22.9. The summed E-state index contributed by atoms with van der Waals surface area (Å²) in [5.41, 5.74) is 1.83. The van der Waals surface area contributed by atoms with Crippen LogP contribution >= 0.6 is 0 Å². The van der Waals surface area contributed by atoms with Crippen molar-refractivity contribution in [3.8, 4) is 11.1 Å². The lowest BCUT2D eigenvalue weighted by Gasteiger charge is -2.37. The molecule has 0 spiro atoms. The molecule has 0 aliphatic heterocycles. The summed E-state index contributed by atoms with van der Waals surface area (Å²) in [5.74, 6) is -2.43. The molecule has 0 radical (unpaired) electrons. The van der Waals surface area contributed by atoms with Crippen molar-refractivity contribution >= 4 is 0 Å². The van der Waals surface area contributed by atoms with Crippen molar-refractivity contribution in [2.45, 2.75) is 70.6 Å². The van der Waals surface area contributed by atoms with Crippen molar-refractivity contribution in [1.82, 2.24) is 0 Å². The molecule has 1 atom stereocenters. The van der Waals surface area contributed by atoms with Crippen molar-refractivity contribution in [2.75, 3.05) is 13.7 Å². The molecular weight excluding hydrogens is 428 g/mol. The fourth-order valence-corrected chi connectivity index (χ4v) is 5.98. The quantitative estimate of drug-likeness (QED) is 0.219. The molecule has 0 amide bonds. The second kappa shape index (κ2) is 11.0. The number of rotatable bonds is 8. The summed E-state index contributed by atoms with van der Waals surface area (Å²) < 4.78 is 61.0. The predicted octanol–water partition coefficient (Wildman–Crippen LogP) is 8.03. The monoisotopic (exact) mass is 462 g/mol. The van der Waals surface area contributed by atoms with E-state index in [1.165, 1.54) is 44.9 Å². The Balaban J connectivity index is 1.36. The first-order valence-corrected chi connectivity index (χ1v) is 12.4. The molecule has 1 nitrogen and oxygen atoms in total. The van der Waals surface area contributed by atoms with Gasteiger partial charge in [0.15, 0.2) is 17.5 Å².